The quantitative estimate of drug-likeness (QED) is 0.591. The molecule has 30 heavy (non-hydrogen) atoms. The van der Waals surface area contributed by atoms with Crippen molar-refractivity contribution in [3.63, 3.8) is 0 Å². The molecule has 0 spiro atoms. The maximum absolute atomic E-state index is 12.5. The number of halogens is 2. The topological polar surface area (TPSA) is 93.7 Å². The van der Waals surface area contributed by atoms with Gasteiger partial charge in [-0.1, -0.05) is 37.0 Å². The van der Waals surface area contributed by atoms with E-state index >= 15 is 0 Å². The number of ether oxygens (including phenoxy) is 2. The van der Waals surface area contributed by atoms with Crippen molar-refractivity contribution in [3.05, 3.63) is 58.1 Å². The third kappa shape index (κ3) is 6.64. The van der Waals surface area contributed by atoms with E-state index in [1.165, 1.54) is 25.3 Å². The lowest BCUT2D eigenvalue weighted by atomic mass is 10.0. The molecule has 2 rings (SSSR count). The van der Waals surface area contributed by atoms with Gasteiger partial charge in [-0.05, 0) is 48.4 Å². The Morgan fingerprint density at radius 2 is 1.70 bits per heavy atom. The average Bonchev–Trinajstić information content (AvgIpc) is 2.70. The smallest absolute Gasteiger partial charge is 0.329 e. The summed E-state index contributed by atoms with van der Waals surface area (Å²) in [6, 6.07) is 10.2. The van der Waals surface area contributed by atoms with E-state index in [1.807, 2.05) is 0 Å². The minimum absolute atomic E-state index is 0.162. The second kappa shape index (κ2) is 10.8. The van der Waals surface area contributed by atoms with Crippen LogP contribution in [0, 0.1) is 5.92 Å². The maximum Gasteiger partial charge on any atom is 0.329 e. The predicted molar refractivity (Wildman–Crippen MR) is 115 cm³/mol. The van der Waals surface area contributed by atoms with E-state index in [9.17, 15) is 14.4 Å². The van der Waals surface area contributed by atoms with Crippen molar-refractivity contribution in [3.8, 4) is 5.75 Å². The zero-order chi connectivity index (χ0) is 22.3. The van der Waals surface area contributed by atoms with Gasteiger partial charge in [-0.2, -0.15) is 0 Å². The molecule has 2 aromatic rings. The highest BCUT2D eigenvalue weighted by Gasteiger charge is 2.27. The average molecular weight is 453 g/mol. The van der Waals surface area contributed by atoms with Gasteiger partial charge in [-0.3, -0.25) is 9.59 Å². The normalized spacial score (nSPS) is 11.5. The number of esters is 1. The number of hydrogen-bond donors (Lipinski definition) is 2. The summed E-state index contributed by atoms with van der Waals surface area (Å²) < 4.78 is 10.1. The number of nitrogens with one attached hydrogen (secondary N) is 2. The van der Waals surface area contributed by atoms with Crippen molar-refractivity contribution in [2.45, 2.75) is 19.9 Å². The molecule has 7 nitrogen and oxygen atoms in total. The van der Waals surface area contributed by atoms with E-state index in [2.05, 4.69) is 10.6 Å². The van der Waals surface area contributed by atoms with E-state index < -0.39 is 30.4 Å². The molecule has 0 heterocycles. The molecule has 2 amide bonds. The van der Waals surface area contributed by atoms with Crippen LogP contribution in [0.15, 0.2) is 42.5 Å². The van der Waals surface area contributed by atoms with Gasteiger partial charge in [-0.25, -0.2) is 4.79 Å². The first-order valence-corrected chi connectivity index (χ1v) is 9.83. The summed E-state index contributed by atoms with van der Waals surface area (Å²) in [7, 11) is 1.54. The Balaban J connectivity index is 1.94. The molecule has 0 aliphatic carbocycles. The van der Waals surface area contributed by atoms with E-state index in [0.29, 0.717) is 16.5 Å². The highest BCUT2D eigenvalue weighted by molar-refractivity contribution is 6.36. The molecule has 2 aromatic carbocycles. The number of amides is 2. The lowest BCUT2D eigenvalue weighted by Gasteiger charge is -2.21. The number of anilines is 1. The molecule has 0 aliphatic heterocycles. The number of rotatable bonds is 8. The molecule has 2 N–H and O–H groups in total. The zero-order valence-corrected chi connectivity index (χ0v) is 18.2. The molecular weight excluding hydrogens is 431 g/mol. The van der Waals surface area contributed by atoms with E-state index in [-0.39, 0.29) is 16.5 Å². The van der Waals surface area contributed by atoms with Crippen molar-refractivity contribution in [2.24, 2.45) is 5.92 Å². The fourth-order valence-corrected chi connectivity index (χ4v) is 2.98. The number of hydrogen-bond acceptors (Lipinski definition) is 5. The Morgan fingerprint density at radius 3 is 2.27 bits per heavy atom. The number of benzene rings is 2. The van der Waals surface area contributed by atoms with Gasteiger partial charge in [0.15, 0.2) is 6.61 Å². The molecular formula is C21H22Cl2N2O5. The zero-order valence-electron chi connectivity index (χ0n) is 16.7. The third-order valence-electron chi connectivity index (χ3n) is 4.10. The monoisotopic (exact) mass is 452 g/mol. The minimum atomic E-state index is -0.960. The van der Waals surface area contributed by atoms with E-state index in [0.717, 1.165) is 0 Å². The van der Waals surface area contributed by atoms with Gasteiger partial charge in [0.25, 0.3) is 11.8 Å². The van der Waals surface area contributed by atoms with Crippen LogP contribution in [0.2, 0.25) is 10.0 Å². The van der Waals surface area contributed by atoms with Crippen LogP contribution >= 0.6 is 23.2 Å². The highest BCUT2D eigenvalue weighted by atomic mass is 35.5. The fourth-order valence-electron chi connectivity index (χ4n) is 2.49. The van der Waals surface area contributed by atoms with Crippen LogP contribution in [-0.2, 0) is 14.3 Å². The molecule has 0 radical (unpaired) electrons. The summed E-state index contributed by atoms with van der Waals surface area (Å²) in [5, 5.41) is 5.75. The Labute approximate surface area is 184 Å². The van der Waals surface area contributed by atoms with Gasteiger partial charge in [0, 0.05) is 10.7 Å². The maximum atomic E-state index is 12.5. The van der Waals surface area contributed by atoms with Crippen LogP contribution in [0.1, 0.15) is 24.2 Å². The second-order valence-electron chi connectivity index (χ2n) is 6.70. The lowest BCUT2D eigenvalue weighted by Crippen LogP contribution is -2.46. The molecule has 0 unspecified atom stereocenters. The van der Waals surface area contributed by atoms with E-state index in [1.54, 1.807) is 38.1 Å². The molecule has 160 valence electrons. The van der Waals surface area contributed by atoms with Gasteiger partial charge in [-0.15, -0.1) is 0 Å². The van der Waals surface area contributed by atoms with Crippen LogP contribution in [-0.4, -0.2) is 37.5 Å². The van der Waals surface area contributed by atoms with Crippen LogP contribution in [0.25, 0.3) is 0 Å². The predicted octanol–water partition coefficient (Wildman–Crippen LogP) is 3.94. The van der Waals surface area contributed by atoms with Crippen molar-refractivity contribution < 1.29 is 23.9 Å². The van der Waals surface area contributed by atoms with Gasteiger partial charge < -0.3 is 20.1 Å². The van der Waals surface area contributed by atoms with Crippen LogP contribution in [0.5, 0.6) is 5.75 Å². The molecule has 9 heteroatoms. The SMILES string of the molecule is COc1ccc(NC(=O)COC(=O)[C@H](NC(=O)c2ccc(Cl)cc2Cl)C(C)C)cc1. The summed E-state index contributed by atoms with van der Waals surface area (Å²) >= 11 is 11.9. The first-order valence-electron chi connectivity index (χ1n) is 9.07. The van der Waals surface area contributed by atoms with Crippen molar-refractivity contribution >= 4 is 46.7 Å². The Morgan fingerprint density at radius 1 is 1.03 bits per heavy atom. The van der Waals surface area contributed by atoms with Crippen LogP contribution in [0.3, 0.4) is 0 Å². The van der Waals surface area contributed by atoms with Gasteiger partial charge in [0.1, 0.15) is 11.8 Å². The number of methoxy groups -OCH3 is 1. The van der Waals surface area contributed by atoms with Crippen molar-refractivity contribution in [1.29, 1.82) is 0 Å². The summed E-state index contributed by atoms with van der Waals surface area (Å²) in [4.78, 5) is 37.0. The Bertz CT molecular complexity index is 916. The number of carbonyl (C=O) groups is 3. The summed E-state index contributed by atoms with van der Waals surface area (Å²) in [5.41, 5.74) is 0.708. The molecule has 0 saturated heterocycles. The first kappa shape index (κ1) is 23.5. The first-order chi connectivity index (χ1) is 14.2. The number of carbonyl (C=O) groups excluding carboxylic acids is 3. The summed E-state index contributed by atoms with van der Waals surface area (Å²) in [6.07, 6.45) is 0. The Kier molecular flexibility index (Phi) is 8.50. The lowest BCUT2D eigenvalue weighted by molar-refractivity contribution is -0.150. The largest absolute Gasteiger partial charge is 0.497 e. The van der Waals surface area contributed by atoms with Crippen LogP contribution < -0.4 is 15.4 Å². The van der Waals surface area contributed by atoms with Crippen LogP contribution in [0.4, 0.5) is 5.69 Å². The molecule has 0 fully saturated rings. The Hall–Kier alpha value is -2.77. The third-order valence-corrected chi connectivity index (χ3v) is 4.65. The fraction of sp³-hybridized carbons (Fsp3) is 0.286. The summed E-state index contributed by atoms with van der Waals surface area (Å²) in [5.74, 6) is -1.42. The molecule has 0 saturated carbocycles. The van der Waals surface area contributed by atoms with Crippen molar-refractivity contribution in [1.82, 2.24) is 5.32 Å². The van der Waals surface area contributed by atoms with Gasteiger partial charge in [0.05, 0.1) is 17.7 Å². The van der Waals surface area contributed by atoms with E-state index in [4.69, 9.17) is 32.7 Å². The standard InChI is InChI=1S/C21H22Cl2N2O5/c1-12(2)19(25-20(27)16-9-4-13(22)10-17(16)23)21(28)30-11-18(26)24-14-5-7-15(29-3)8-6-14/h4-10,12,19H,11H2,1-3H3,(H,24,26)(H,25,27)/t19-/m1/s1. The van der Waals surface area contributed by atoms with Crippen molar-refractivity contribution in [2.75, 3.05) is 19.0 Å². The molecule has 0 aliphatic rings. The summed E-state index contributed by atoms with van der Waals surface area (Å²) in [6.45, 7) is 2.99. The minimum Gasteiger partial charge on any atom is -0.497 e. The molecule has 0 aromatic heterocycles. The molecule has 1 atom stereocenters. The molecule has 0 bridgehead atoms. The highest BCUT2D eigenvalue weighted by Crippen LogP contribution is 2.21. The van der Waals surface area contributed by atoms with Gasteiger partial charge in [0.2, 0.25) is 0 Å². The second-order valence-corrected chi connectivity index (χ2v) is 7.55. The van der Waals surface area contributed by atoms with Gasteiger partial charge >= 0.3 is 5.97 Å².